The van der Waals surface area contributed by atoms with Crippen LogP contribution in [0.25, 0.3) is 0 Å². The molecule has 1 unspecified atom stereocenters. The Hall–Kier alpha value is -1.53. The van der Waals surface area contributed by atoms with Gasteiger partial charge >= 0.3 is 13.6 Å². The quantitative estimate of drug-likeness (QED) is 0.250. The summed E-state index contributed by atoms with van der Waals surface area (Å²) in [5.41, 5.74) is -0.803. The summed E-state index contributed by atoms with van der Waals surface area (Å²) in [7, 11) is -4.88. The number of carboxylic acids is 1. The average molecular weight is 339 g/mol. The average Bonchev–Trinajstić information content (AvgIpc) is 2.95. The number of aromatic amines is 1. The molecule has 22 heavy (non-hydrogen) atoms. The van der Waals surface area contributed by atoms with Crippen LogP contribution in [0, 0.1) is 0 Å². The molecule has 124 valence electrons. The van der Waals surface area contributed by atoms with Gasteiger partial charge in [0.05, 0.1) is 6.61 Å². The number of nitrogens with one attached hydrogen (secondary N) is 2. The zero-order valence-corrected chi connectivity index (χ0v) is 11.7. The number of carboxylic acid groups (broad SMARTS) is 1. The number of hydrogen-bond donors (Lipinski definition) is 8. The Kier molecular flexibility index (Phi) is 4.54. The maximum atomic E-state index is 11.3. The molecular formula is C9H14N3O9P. The Balaban J connectivity index is 2.29. The lowest BCUT2D eigenvalue weighted by Gasteiger charge is -2.17. The highest BCUT2D eigenvalue weighted by molar-refractivity contribution is 7.60. The molecule has 1 saturated heterocycles. The molecule has 13 heteroatoms. The van der Waals surface area contributed by atoms with E-state index in [0.29, 0.717) is 0 Å². The van der Waals surface area contributed by atoms with Gasteiger partial charge in [0.2, 0.25) is 5.82 Å². The van der Waals surface area contributed by atoms with Crippen molar-refractivity contribution in [1.82, 2.24) is 9.97 Å². The summed E-state index contributed by atoms with van der Waals surface area (Å²) >= 11 is 0. The van der Waals surface area contributed by atoms with Crippen molar-refractivity contribution in [3.8, 4) is 0 Å². The predicted molar refractivity (Wildman–Crippen MR) is 68.6 cm³/mol. The van der Waals surface area contributed by atoms with Gasteiger partial charge in [-0.1, -0.05) is 0 Å². The van der Waals surface area contributed by atoms with Gasteiger partial charge in [-0.2, -0.15) is 0 Å². The molecule has 0 radical (unpaired) electrons. The van der Waals surface area contributed by atoms with Crippen LogP contribution in [0.5, 0.6) is 0 Å². The molecule has 2 heterocycles. The van der Waals surface area contributed by atoms with E-state index < -0.39 is 61.8 Å². The maximum absolute atomic E-state index is 11.3. The van der Waals surface area contributed by atoms with Crippen molar-refractivity contribution in [3.05, 3.63) is 5.82 Å². The minimum absolute atomic E-state index is 0.541. The van der Waals surface area contributed by atoms with Crippen molar-refractivity contribution in [2.45, 2.75) is 24.5 Å². The lowest BCUT2D eigenvalue weighted by molar-refractivity contribution is -0.0153. The molecular weight excluding hydrogens is 325 g/mol. The number of aromatic carboxylic acids is 1. The number of nitrogens with zero attached hydrogens (tertiary/aromatic N) is 1. The fourth-order valence-electron chi connectivity index (χ4n) is 1.93. The second-order valence-electron chi connectivity index (χ2n) is 4.54. The fourth-order valence-corrected chi connectivity index (χ4v) is 2.57. The van der Waals surface area contributed by atoms with E-state index in [4.69, 9.17) is 24.7 Å². The van der Waals surface area contributed by atoms with E-state index >= 15 is 0 Å². The van der Waals surface area contributed by atoms with Crippen molar-refractivity contribution in [2.24, 2.45) is 0 Å². The van der Waals surface area contributed by atoms with Gasteiger partial charge in [0.15, 0.2) is 17.5 Å². The third-order valence-corrected chi connectivity index (χ3v) is 3.91. The van der Waals surface area contributed by atoms with Crippen LogP contribution in [0.1, 0.15) is 10.6 Å². The summed E-state index contributed by atoms with van der Waals surface area (Å²) < 4.78 is 16.4. The van der Waals surface area contributed by atoms with Crippen LogP contribution < -0.4 is 10.8 Å². The van der Waals surface area contributed by atoms with Crippen LogP contribution in [0.4, 0.5) is 5.82 Å². The zero-order valence-electron chi connectivity index (χ0n) is 10.8. The van der Waals surface area contributed by atoms with E-state index in [1.54, 1.807) is 0 Å². The Labute approximate surface area is 122 Å². The van der Waals surface area contributed by atoms with Crippen LogP contribution >= 0.6 is 7.60 Å². The normalized spacial score (nSPS) is 28.8. The second kappa shape index (κ2) is 5.93. The molecule has 12 nitrogen and oxygen atoms in total. The molecule has 0 amide bonds. The van der Waals surface area contributed by atoms with Crippen molar-refractivity contribution >= 4 is 24.8 Å². The van der Waals surface area contributed by atoms with Crippen LogP contribution in [0.2, 0.25) is 0 Å². The van der Waals surface area contributed by atoms with Gasteiger partial charge in [-0.15, -0.1) is 0 Å². The molecule has 0 aromatic carbocycles. The van der Waals surface area contributed by atoms with Gasteiger partial charge in [0.25, 0.3) is 0 Å². The summed E-state index contributed by atoms with van der Waals surface area (Å²) in [6, 6.07) is 0. The molecule has 0 spiro atoms. The number of hydrogen-bond acceptors (Lipinski definition) is 8. The summed E-state index contributed by atoms with van der Waals surface area (Å²) in [6.45, 7) is -0.595. The molecule has 0 bridgehead atoms. The monoisotopic (exact) mass is 339 g/mol. The number of anilines is 1. The lowest BCUT2D eigenvalue weighted by atomic mass is 10.1. The highest BCUT2D eigenvalue weighted by Crippen LogP contribution is 2.36. The van der Waals surface area contributed by atoms with Gasteiger partial charge in [-0.25, -0.2) is 9.78 Å². The Morgan fingerprint density at radius 3 is 2.45 bits per heavy atom. The van der Waals surface area contributed by atoms with Gasteiger partial charge in [-0.3, -0.25) is 4.57 Å². The van der Waals surface area contributed by atoms with Crippen LogP contribution in [-0.2, 0) is 9.30 Å². The van der Waals surface area contributed by atoms with E-state index in [9.17, 15) is 19.6 Å². The summed E-state index contributed by atoms with van der Waals surface area (Å²) in [5.74, 6) is -2.82. The molecule has 1 aromatic heterocycles. The standard InChI is InChI=1S/C9H14N3O9P/c13-1-2-3(14)4(15)7(21-2)11-5-8(22(18,19)20)12-6(10-5)9(16)17/h2-4,7,11,13-15H,1H2,(H,10,12)(H,16,17)(H2,18,19,20)/t2-,3-,4-,7?/m1/s1. The Bertz CT molecular complexity index is 613. The van der Waals surface area contributed by atoms with Gasteiger partial charge < -0.3 is 45.3 Å². The smallest absolute Gasteiger partial charge is 0.376 e. The molecule has 1 aliphatic rings. The van der Waals surface area contributed by atoms with Gasteiger partial charge in [0.1, 0.15) is 18.3 Å². The largest absolute Gasteiger partial charge is 0.475 e. The first-order chi connectivity index (χ1) is 10.1. The number of aliphatic hydroxyl groups is 3. The minimum Gasteiger partial charge on any atom is -0.475 e. The highest BCUT2D eigenvalue weighted by Gasteiger charge is 2.43. The molecule has 4 atom stereocenters. The van der Waals surface area contributed by atoms with Crippen molar-refractivity contribution in [3.63, 3.8) is 0 Å². The first kappa shape index (κ1) is 16.8. The molecule has 1 fully saturated rings. The maximum Gasteiger partial charge on any atom is 0.376 e. The van der Waals surface area contributed by atoms with Crippen LogP contribution in [0.3, 0.4) is 0 Å². The van der Waals surface area contributed by atoms with Crippen LogP contribution in [0.15, 0.2) is 0 Å². The highest BCUT2D eigenvalue weighted by atomic mass is 31.2. The summed E-state index contributed by atoms with van der Waals surface area (Å²) in [4.78, 5) is 34.6. The van der Waals surface area contributed by atoms with Crippen molar-refractivity contribution in [2.75, 3.05) is 11.9 Å². The van der Waals surface area contributed by atoms with Crippen molar-refractivity contribution < 1.29 is 44.3 Å². The first-order valence-corrected chi connectivity index (χ1v) is 7.54. The number of H-pyrrole nitrogens is 1. The Morgan fingerprint density at radius 1 is 1.36 bits per heavy atom. The number of rotatable bonds is 5. The van der Waals surface area contributed by atoms with E-state index in [0.717, 1.165) is 0 Å². The van der Waals surface area contributed by atoms with E-state index in [1.807, 2.05) is 4.98 Å². The fraction of sp³-hybridized carbons (Fsp3) is 0.556. The number of ether oxygens (including phenoxy) is 1. The first-order valence-electron chi connectivity index (χ1n) is 5.93. The molecule has 1 aromatic rings. The molecule has 1 aliphatic heterocycles. The third-order valence-electron chi connectivity index (χ3n) is 3.00. The minimum atomic E-state index is -4.88. The Morgan fingerprint density at radius 2 is 2.00 bits per heavy atom. The molecule has 0 saturated carbocycles. The van der Waals surface area contributed by atoms with Gasteiger partial charge in [-0.05, 0) is 0 Å². The SMILES string of the molecule is O=C(O)c1nc(NC2O[C@H](CO)[C@@H](O)[C@H]2O)c(P(=O)(O)O)[nH]1. The van der Waals surface area contributed by atoms with E-state index in [-0.39, 0.29) is 0 Å². The number of aromatic nitrogens is 2. The third kappa shape index (κ3) is 3.13. The number of carbonyl (C=O) groups is 1. The topological polar surface area (TPSA) is 205 Å². The summed E-state index contributed by atoms with van der Waals surface area (Å²) in [6.07, 6.45) is -5.41. The molecule has 0 aliphatic carbocycles. The zero-order chi connectivity index (χ0) is 16.7. The number of aliphatic hydroxyl groups excluding tert-OH is 3. The van der Waals surface area contributed by atoms with Gasteiger partial charge in [0, 0.05) is 0 Å². The van der Waals surface area contributed by atoms with E-state index in [2.05, 4.69) is 10.3 Å². The number of imidazole rings is 1. The lowest BCUT2D eigenvalue weighted by Crippen LogP contribution is -2.37. The van der Waals surface area contributed by atoms with Crippen molar-refractivity contribution in [1.29, 1.82) is 0 Å². The predicted octanol–water partition coefficient (Wildman–Crippen LogP) is -3.24. The van der Waals surface area contributed by atoms with Crippen LogP contribution in [-0.4, -0.2) is 77.3 Å². The molecule has 8 N–H and O–H groups in total. The second-order valence-corrected chi connectivity index (χ2v) is 6.07. The summed E-state index contributed by atoms with van der Waals surface area (Å²) in [5, 5.41) is 39.4. The van der Waals surface area contributed by atoms with E-state index in [1.165, 1.54) is 0 Å². The molecule has 2 rings (SSSR count).